The Bertz CT molecular complexity index is 618. The Morgan fingerprint density at radius 1 is 1.35 bits per heavy atom. The Morgan fingerprint density at radius 2 is 2.06 bits per heavy atom. The normalized spacial score (nSPS) is 10.8. The minimum Gasteiger partial charge on any atom is -0.344 e. The highest BCUT2D eigenvalue weighted by Crippen LogP contribution is 2.12. The van der Waals surface area contributed by atoms with Crippen molar-refractivity contribution in [1.82, 2.24) is 14.4 Å². The van der Waals surface area contributed by atoms with Crippen molar-refractivity contribution in [3.63, 3.8) is 0 Å². The lowest BCUT2D eigenvalue weighted by atomic mass is 10.2. The molecule has 0 aromatic carbocycles. The SMILES string of the molecule is CCN(C)c1nc(=O)n2ccc(C)c(C)c2n1. The molecule has 0 N–H and O–H groups in total. The van der Waals surface area contributed by atoms with Gasteiger partial charge in [-0.1, -0.05) is 0 Å². The lowest BCUT2D eigenvalue weighted by Gasteiger charge is -2.15. The van der Waals surface area contributed by atoms with Gasteiger partial charge in [-0.3, -0.25) is 4.40 Å². The van der Waals surface area contributed by atoms with Gasteiger partial charge in [0.2, 0.25) is 5.95 Å². The number of fused-ring (bicyclic) bond motifs is 1. The molecule has 5 heteroatoms. The van der Waals surface area contributed by atoms with E-state index in [0.717, 1.165) is 17.7 Å². The minimum atomic E-state index is -0.284. The van der Waals surface area contributed by atoms with Crippen LogP contribution < -0.4 is 10.6 Å². The van der Waals surface area contributed by atoms with Gasteiger partial charge >= 0.3 is 5.69 Å². The molecule has 0 unspecified atom stereocenters. The van der Waals surface area contributed by atoms with Gasteiger partial charge in [0.15, 0.2) is 0 Å². The first-order valence-electron chi connectivity index (χ1n) is 5.62. The van der Waals surface area contributed by atoms with Crippen LogP contribution in [0.1, 0.15) is 18.1 Å². The average Bonchev–Trinajstić information content (AvgIpc) is 2.33. The molecule has 0 aliphatic heterocycles. The number of aryl methyl sites for hydroxylation is 2. The van der Waals surface area contributed by atoms with Crippen LogP contribution >= 0.6 is 0 Å². The van der Waals surface area contributed by atoms with E-state index in [4.69, 9.17) is 0 Å². The molecule has 2 rings (SSSR count). The van der Waals surface area contributed by atoms with Crippen molar-refractivity contribution in [3.8, 4) is 0 Å². The van der Waals surface area contributed by atoms with E-state index in [1.54, 1.807) is 6.20 Å². The van der Waals surface area contributed by atoms with Crippen molar-refractivity contribution in [2.45, 2.75) is 20.8 Å². The van der Waals surface area contributed by atoms with Gasteiger partial charge in [0.1, 0.15) is 5.65 Å². The molecule has 17 heavy (non-hydrogen) atoms. The zero-order valence-electron chi connectivity index (χ0n) is 10.6. The van der Waals surface area contributed by atoms with Crippen molar-refractivity contribution in [2.75, 3.05) is 18.5 Å². The summed E-state index contributed by atoms with van der Waals surface area (Å²) in [7, 11) is 1.87. The monoisotopic (exact) mass is 232 g/mol. The molecule has 0 aliphatic carbocycles. The summed E-state index contributed by atoms with van der Waals surface area (Å²) in [4.78, 5) is 22.1. The van der Waals surface area contributed by atoms with Crippen LogP contribution in [0.5, 0.6) is 0 Å². The molecule has 2 aromatic rings. The van der Waals surface area contributed by atoms with Crippen molar-refractivity contribution >= 4 is 11.6 Å². The highest BCUT2D eigenvalue weighted by Gasteiger charge is 2.09. The summed E-state index contributed by atoms with van der Waals surface area (Å²) < 4.78 is 1.48. The topological polar surface area (TPSA) is 50.5 Å². The Kier molecular flexibility index (Phi) is 2.83. The summed E-state index contributed by atoms with van der Waals surface area (Å²) in [6.07, 6.45) is 1.72. The van der Waals surface area contributed by atoms with Crippen LogP contribution in [0.15, 0.2) is 17.1 Å². The lowest BCUT2D eigenvalue weighted by Crippen LogP contribution is -2.26. The van der Waals surface area contributed by atoms with Crippen molar-refractivity contribution < 1.29 is 0 Å². The fourth-order valence-electron chi connectivity index (χ4n) is 1.60. The summed E-state index contributed by atoms with van der Waals surface area (Å²) in [5, 5.41) is 0. The Labute approximate surface area is 99.7 Å². The number of aromatic nitrogens is 3. The summed E-state index contributed by atoms with van der Waals surface area (Å²) in [5.74, 6) is 0.478. The molecular formula is C12H16N4O. The Balaban J connectivity index is 2.79. The molecule has 2 heterocycles. The highest BCUT2D eigenvalue weighted by atomic mass is 16.1. The van der Waals surface area contributed by atoms with Crippen LogP contribution in [0.25, 0.3) is 5.65 Å². The van der Waals surface area contributed by atoms with Gasteiger partial charge < -0.3 is 4.90 Å². The average molecular weight is 232 g/mol. The van der Waals surface area contributed by atoms with Crippen molar-refractivity contribution in [2.24, 2.45) is 0 Å². The fraction of sp³-hybridized carbons (Fsp3) is 0.417. The zero-order chi connectivity index (χ0) is 12.6. The zero-order valence-corrected chi connectivity index (χ0v) is 10.6. The van der Waals surface area contributed by atoms with Gasteiger partial charge in [-0.25, -0.2) is 4.79 Å². The second-order valence-electron chi connectivity index (χ2n) is 4.14. The molecule has 0 fully saturated rings. The van der Waals surface area contributed by atoms with Gasteiger partial charge in [-0.2, -0.15) is 9.97 Å². The molecule has 5 nitrogen and oxygen atoms in total. The standard InChI is InChI=1S/C12H16N4O/c1-5-15(4)11-13-10-9(3)8(2)6-7-16(10)12(17)14-11/h6-7H,5H2,1-4H3. The summed E-state index contributed by atoms with van der Waals surface area (Å²) in [5.41, 5.74) is 2.53. The van der Waals surface area contributed by atoms with E-state index in [-0.39, 0.29) is 5.69 Å². The molecule has 2 aromatic heterocycles. The predicted octanol–water partition coefficient (Wildman–Crippen LogP) is 1.16. The molecule has 0 spiro atoms. The van der Waals surface area contributed by atoms with Gasteiger partial charge in [0.25, 0.3) is 0 Å². The second-order valence-corrected chi connectivity index (χ2v) is 4.14. The van der Waals surface area contributed by atoms with Crippen molar-refractivity contribution in [3.05, 3.63) is 33.9 Å². The summed E-state index contributed by atoms with van der Waals surface area (Å²) >= 11 is 0. The lowest BCUT2D eigenvalue weighted by molar-refractivity contribution is 0.852. The van der Waals surface area contributed by atoms with Crippen LogP contribution in [0.4, 0.5) is 5.95 Å². The minimum absolute atomic E-state index is 0.284. The molecular weight excluding hydrogens is 216 g/mol. The molecule has 0 saturated carbocycles. The third-order valence-electron chi connectivity index (χ3n) is 3.05. The van der Waals surface area contributed by atoms with Crippen LogP contribution in [0.3, 0.4) is 0 Å². The number of rotatable bonds is 2. The second kappa shape index (κ2) is 4.16. The van der Waals surface area contributed by atoms with Gasteiger partial charge in [0.05, 0.1) is 0 Å². The van der Waals surface area contributed by atoms with E-state index in [1.807, 2.05) is 38.8 Å². The van der Waals surface area contributed by atoms with Crippen LogP contribution in [-0.2, 0) is 0 Å². The third-order valence-corrected chi connectivity index (χ3v) is 3.05. The first-order chi connectivity index (χ1) is 8.04. The quantitative estimate of drug-likeness (QED) is 0.779. The first kappa shape index (κ1) is 11.6. The molecule has 0 radical (unpaired) electrons. The molecule has 0 aliphatic rings. The van der Waals surface area contributed by atoms with E-state index in [0.29, 0.717) is 11.6 Å². The van der Waals surface area contributed by atoms with Crippen LogP contribution in [0, 0.1) is 13.8 Å². The van der Waals surface area contributed by atoms with E-state index in [2.05, 4.69) is 9.97 Å². The summed E-state index contributed by atoms with van der Waals surface area (Å²) in [6.45, 7) is 6.73. The largest absolute Gasteiger partial charge is 0.356 e. The highest BCUT2D eigenvalue weighted by molar-refractivity contribution is 5.52. The maximum absolute atomic E-state index is 11.9. The first-order valence-corrected chi connectivity index (χ1v) is 5.62. The Morgan fingerprint density at radius 3 is 2.71 bits per heavy atom. The predicted molar refractivity (Wildman–Crippen MR) is 67.7 cm³/mol. The number of nitrogens with zero attached hydrogens (tertiary/aromatic N) is 4. The molecule has 0 atom stereocenters. The van der Waals surface area contributed by atoms with Gasteiger partial charge in [0, 0.05) is 19.8 Å². The van der Waals surface area contributed by atoms with Crippen LogP contribution in [0.2, 0.25) is 0 Å². The van der Waals surface area contributed by atoms with Crippen molar-refractivity contribution in [1.29, 1.82) is 0 Å². The summed E-state index contributed by atoms with van der Waals surface area (Å²) in [6, 6.07) is 1.90. The van der Waals surface area contributed by atoms with E-state index in [1.165, 1.54) is 4.40 Å². The maximum Gasteiger partial charge on any atom is 0.356 e. The molecule has 0 amide bonds. The Hall–Kier alpha value is -1.91. The molecule has 0 saturated heterocycles. The third kappa shape index (κ3) is 1.88. The number of hydrogen-bond acceptors (Lipinski definition) is 4. The van der Waals surface area contributed by atoms with E-state index >= 15 is 0 Å². The fourth-order valence-corrected chi connectivity index (χ4v) is 1.60. The molecule has 0 bridgehead atoms. The maximum atomic E-state index is 11.9. The van der Waals surface area contributed by atoms with Gasteiger partial charge in [-0.05, 0) is 38.0 Å². The smallest absolute Gasteiger partial charge is 0.344 e. The number of hydrogen-bond donors (Lipinski definition) is 0. The van der Waals surface area contributed by atoms with Gasteiger partial charge in [-0.15, -0.1) is 0 Å². The van der Waals surface area contributed by atoms with E-state index in [9.17, 15) is 4.79 Å². The molecule has 90 valence electrons. The van der Waals surface area contributed by atoms with E-state index < -0.39 is 0 Å². The number of anilines is 1. The van der Waals surface area contributed by atoms with Crippen LogP contribution in [-0.4, -0.2) is 28.0 Å². The number of pyridine rings is 1.